The van der Waals surface area contributed by atoms with Gasteiger partial charge in [-0.1, -0.05) is 18.2 Å². The molecule has 0 radical (unpaired) electrons. The van der Waals surface area contributed by atoms with Crippen LogP contribution in [-0.2, 0) is 10.0 Å². The van der Waals surface area contributed by atoms with E-state index in [1.807, 2.05) is 19.1 Å². The number of rotatable bonds is 8. The van der Waals surface area contributed by atoms with Crippen LogP contribution in [-0.4, -0.2) is 33.3 Å². The molecular formula is C21H21N3O5S. The maximum atomic E-state index is 12.5. The second kappa shape index (κ2) is 9.27. The highest BCUT2D eigenvalue weighted by Crippen LogP contribution is 2.19. The summed E-state index contributed by atoms with van der Waals surface area (Å²) in [7, 11) is -3.77. The van der Waals surface area contributed by atoms with Gasteiger partial charge in [-0.05, 0) is 55.0 Å². The van der Waals surface area contributed by atoms with E-state index >= 15 is 0 Å². The summed E-state index contributed by atoms with van der Waals surface area (Å²) < 4.78 is 32.6. The number of amides is 2. The predicted molar refractivity (Wildman–Crippen MR) is 112 cm³/mol. The Bertz CT molecular complexity index is 1120. The van der Waals surface area contributed by atoms with E-state index in [0.29, 0.717) is 11.3 Å². The van der Waals surface area contributed by atoms with E-state index in [0.717, 1.165) is 5.56 Å². The lowest BCUT2D eigenvalue weighted by molar-refractivity contribution is 0.0910. The van der Waals surface area contributed by atoms with E-state index in [9.17, 15) is 18.0 Å². The quantitative estimate of drug-likeness (QED) is 0.478. The highest BCUT2D eigenvalue weighted by atomic mass is 32.2. The molecule has 1 aromatic heterocycles. The monoisotopic (exact) mass is 427 g/mol. The minimum absolute atomic E-state index is 0.0491. The van der Waals surface area contributed by atoms with Crippen molar-refractivity contribution in [1.29, 1.82) is 0 Å². The number of anilines is 1. The summed E-state index contributed by atoms with van der Waals surface area (Å²) in [6, 6.07) is 15.8. The molecule has 0 aliphatic rings. The lowest BCUT2D eigenvalue weighted by Crippen LogP contribution is -2.34. The van der Waals surface area contributed by atoms with Gasteiger partial charge in [-0.25, -0.2) is 8.42 Å². The van der Waals surface area contributed by atoms with E-state index in [4.69, 9.17) is 4.42 Å². The number of aryl methyl sites for hydroxylation is 1. The van der Waals surface area contributed by atoms with Crippen molar-refractivity contribution >= 4 is 27.5 Å². The van der Waals surface area contributed by atoms with Crippen LogP contribution in [0.3, 0.4) is 0 Å². The molecule has 3 aromatic rings. The normalized spacial score (nSPS) is 11.0. The average Bonchev–Trinajstić information content (AvgIpc) is 3.27. The third-order valence-corrected chi connectivity index (χ3v) is 5.64. The van der Waals surface area contributed by atoms with Crippen LogP contribution < -0.4 is 15.4 Å². The van der Waals surface area contributed by atoms with Gasteiger partial charge in [0.25, 0.3) is 21.8 Å². The zero-order valence-corrected chi connectivity index (χ0v) is 17.0. The summed E-state index contributed by atoms with van der Waals surface area (Å²) in [5.41, 5.74) is 1.61. The third-order valence-electron chi connectivity index (χ3n) is 4.26. The van der Waals surface area contributed by atoms with Gasteiger partial charge in [0.2, 0.25) is 0 Å². The van der Waals surface area contributed by atoms with Gasteiger partial charge >= 0.3 is 0 Å². The molecule has 30 heavy (non-hydrogen) atoms. The standard InChI is InChI=1S/C21H21N3O5S/c1-15-5-2-3-6-18(15)24-30(27,28)17-10-8-16(9-11-17)20(25)22-12-13-23-21(26)19-7-4-14-29-19/h2-11,14,24H,12-13H2,1H3,(H,22,25)(H,23,26). The molecule has 0 saturated heterocycles. The fourth-order valence-corrected chi connectivity index (χ4v) is 3.76. The number of carbonyl (C=O) groups is 2. The van der Waals surface area contributed by atoms with Crippen LogP contribution in [0.4, 0.5) is 5.69 Å². The van der Waals surface area contributed by atoms with Crippen LogP contribution in [0.2, 0.25) is 0 Å². The maximum Gasteiger partial charge on any atom is 0.287 e. The van der Waals surface area contributed by atoms with Crippen LogP contribution in [0.1, 0.15) is 26.5 Å². The summed E-state index contributed by atoms with van der Waals surface area (Å²) >= 11 is 0. The van der Waals surface area contributed by atoms with Crippen LogP contribution in [0.15, 0.2) is 76.2 Å². The van der Waals surface area contributed by atoms with Gasteiger partial charge in [0.15, 0.2) is 5.76 Å². The molecule has 0 bridgehead atoms. The first kappa shape index (κ1) is 21.1. The second-order valence-electron chi connectivity index (χ2n) is 6.43. The zero-order chi connectivity index (χ0) is 21.6. The Labute approximate surface area is 174 Å². The summed E-state index contributed by atoms with van der Waals surface area (Å²) in [5.74, 6) is -0.555. The maximum absolute atomic E-state index is 12.5. The van der Waals surface area contributed by atoms with Crippen molar-refractivity contribution < 1.29 is 22.4 Å². The molecule has 9 heteroatoms. The summed E-state index contributed by atoms with van der Waals surface area (Å²) in [6.45, 7) is 2.24. The van der Waals surface area contributed by atoms with E-state index in [-0.39, 0.29) is 35.6 Å². The molecule has 3 N–H and O–H groups in total. The van der Waals surface area contributed by atoms with Gasteiger partial charge in [-0.3, -0.25) is 14.3 Å². The molecule has 0 atom stereocenters. The first-order valence-corrected chi connectivity index (χ1v) is 10.6. The highest BCUT2D eigenvalue weighted by Gasteiger charge is 2.16. The minimum atomic E-state index is -3.77. The van der Waals surface area contributed by atoms with Crippen molar-refractivity contribution in [2.24, 2.45) is 0 Å². The van der Waals surface area contributed by atoms with E-state index in [2.05, 4.69) is 15.4 Å². The van der Waals surface area contributed by atoms with Gasteiger partial charge in [0, 0.05) is 18.7 Å². The first-order valence-electron chi connectivity index (χ1n) is 9.15. The predicted octanol–water partition coefficient (Wildman–Crippen LogP) is 2.55. The highest BCUT2D eigenvalue weighted by molar-refractivity contribution is 7.92. The topological polar surface area (TPSA) is 118 Å². The van der Waals surface area contributed by atoms with Crippen molar-refractivity contribution in [2.75, 3.05) is 17.8 Å². The summed E-state index contributed by atoms with van der Waals surface area (Å²) in [6.07, 6.45) is 1.40. The molecule has 0 fully saturated rings. The number of carbonyl (C=O) groups excluding carboxylic acids is 2. The Morgan fingerprint density at radius 3 is 2.17 bits per heavy atom. The third kappa shape index (κ3) is 5.26. The molecule has 0 spiro atoms. The SMILES string of the molecule is Cc1ccccc1NS(=O)(=O)c1ccc(C(=O)NCCNC(=O)c2ccco2)cc1. The molecule has 156 valence electrons. The number of para-hydroxylation sites is 1. The Morgan fingerprint density at radius 2 is 1.53 bits per heavy atom. The fourth-order valence-electron chi connectivity index (χ4n) is 2.63. The average molecular weight is 427 g/mol. The van der Waals surface area contributed by atoms with Crippen LogP contribution >= 0.6 is 0 Å². The van der Waals surface area contributed by atoms with Crippen molar-refractivity contribution in [3.63, 3.8) is 0 Å². The first-order chi connectivity index (χ1) is 14.4. The number of hydrogen-bond donors (Lipinski definition) is 3. The zero-order valence-electron chi connectivity index (χ0n) is 16.2. The Hall–Kier alpha value is -3.59. The molecule has 3 rings (SSSR count). The number of hydrogen-bond acceptors (Lipinski definition) is 5. The smallest absolute Gasteiger partial charge is 0.287 e. The molecule has 1 heterocycles. The largest absolute Gasteiger partial charge is 0.459 e. The molecule has 0 aliphatic carbocycles. The molecule has 2 amide bonds. The van der Waals surface area contributed by atoms with Crippen molar-refractivity contribution in [1.82, 2.24) is 10.6 Å². The van der Waals surface area contributed by atoms with E-state index in [1.165, 1.54) is 36.6 Å². The Balaban J connectivity index is 1.53. The van der Waals surface area contributed by atoms with E-state index < -0.39 is 10.0 Å². The van der Waals surface area contributed by atoms with Gasteiger partial charge in [0.1, 0.15) is 0 Å². The van der Waals surface area contributed by atoms with Crippen molar-refractivity contribution in [3.8, 4) is 0 Å². The molecule has 0 aliphatic heterocycles. The summed E-state index contributed by atoms with van der Waals surface area (Å²) in [5, 5.41) is 5.27. The number of sulfonamides is 1. The van der Waals surface area contributed by atoms with E-state index in [1.54, 1.807) is 18.2 Å². The number of furan rings is 1. The van der Waals surface area contributed by atoms with Crippen LogP contribution in [0.5, 0.6) is 0 Å². The molecule has 0 saturated carbocycles. The number of benzene rings is 2. The lowest BCUT2D eigenvalue weighted by Gasteiger charge is -2.11. The Kier molecular flexibility index (Phi) is 6.53. The molecule has 0 unspecified atom stereocenters. The van der Waals surface area contributed by atoms with Gasteiger partial charge in [-0.2, -0.15) is 0 Å². The van der Waals surface area contributed by atoms with Crippen LogP contribution in [0, 0.1) is 6.92 Å². The number of nitrogens with one attached hydrogen (secondary N) is 3. The van der Waals surface area contributed by atoms with Gasteiger partial charge in [-0.15, -0.1) is 0 Å². The molecule has 2 aromatic carbocycles. The van der Waals surface area contributed by atoms with Crippen LogP contribution in [0.25, 0.3) is 0 Å². The molecule has 8 nitrogen and oxygen atoms in total. The van der Waals surface area contributed by atoms with Crippen molar-refractivity contribution in [3.05, 3.63) is 83.8 Å². The van der Waals surface area contributed by atoms with Gasteiger partial charge in [0.05, 0.1) is 16.8 Å². The van der Waals surface area contributed by atoms with Gasteiger partial charge < -0.3 is 15.1 Å². The molecular weight excluding hydrogens is 406 g/mol. The van der Waals surface area contributed by atoms with Crippen molar-refractivity contribution in [2.45, 2.75) is 11.8 Å². The minimum Gasteiger partial charge on any atom is -0.459 e. The Morgan fingerprint density at radius 1 is 0.867 bits per heavy atom. The second-order valence-corrected chi connectivity index (χ2v) is 8.12. The summed E-state index contributed by atoms with van der Waals surface area (Å²) in [4.78, 5) is 24.0. The lowest BCUT2D eigenvalue weighted by atomic mass is 10.2. The fraction of sp³-hybridized carbons (Fsp3) is 0.143.